The van der Waals surface area contributed by atoms with Crippen molar-refractivity contribution >= 4 is 62.5 Å². The summed E-state index contributed by atoms with van der Waals surface area (Å²) in [5, 5.41) is 19.6. The molecule has 0 radical (unpaired) electrons. The van der Waals surface area contributed by atoms with Gasteiger partial charge >= 0.3 is 12.0 Å². The number of methoxy groups -OCH3 is 2. The van der Waals surface area contributed by atoms with E-state index in [-0.39, 0.29) is 28.6 Å². The molecule has 5 aromatic rings. The Hall–Kier alpha value is -5.89. The molecule has 1 atom stereocenters. The Balaban J connectivity index is 1.38. The molecule has 0 saturated carbocycles. The highest BCUT2D eigenvalue weighted by Gasteiger charge is 2.22. The quantitative estimate of drug-likeness (QED) is 0.0936. The van der Waals surface area contributed by atoms with E-state index >= 15 is 0 Å². The van der Waals surface area contributed by atoms with E-state index in [2.05, 4.69) is 30.6 Å². The fourth-order valence-corrected chi connectivity index (χ4v) is 5.46. The van der Waals surface area contributed by atoms with Crippen LogP contribution in [0.4, 0.5) is 33.5 Å². The number of aromatic nitrogens is 2. The summed E-state index contributed by atoms with van der Waals surface area (Å²) in [4.78, 5) is 33.5. The van der Waals surface area contributed by atoms with Crippen LogP contribution in [-0.4, -0.2) is 51.8 Å². The summed E-state index contributed by atoms with van der Waals surface area (Å²) in [6, 6.07) is 20.2. The van der Waals surface area contributed by atoms with E-state index in [1.807, 2.05) is 57.2 Å². The Morgan fingerprint density at radius 1 is 0.837 bits per heavy atom. The number of carboxylic acid groups (broad SMARTS) is 1. The zero-order valence-electron chi connectivity index (χ0n) is 27.7. The van der Waals surface area contributed by atoms with Crippen molar-refractivity contribution in [2.24, 2.45) is 0 Å². The van der Waals surface area contributed by atoms with Gasteiger partial charge in [0.1, 0.15) is 28.0 Å². The first-order valence-electron chi connectivity index (χ1n) is 15.0. The van der Waals surface area contributed by atoms with Gasteiger partial charge in [-0.15, -0.1) is 0 Å². The maximum absolute atomic E-state index is 13.4. The van der Waals surface area contributed by atoms with Crippen molar-refractivity contribution in [1.82, 2.24) is 9.97 Å². The number of hydrogen-bond acceptors (Lipinski definition) is 9. The van der Waals surface area contributed by atoms with Gasteiger partial charge in [-0.25, -0.2) is 18.8 Å². The topological polar surface area (TPSA) is 173 Å². The van der Waals surface area contributed by atoms with E-state index in [9.17, 15) is 18.9 Å². The minimum atomic E-state index is -1.37. The number of hydrogen-bond donors (Lipinski definition) is 5. The molecule has 5 rings (SSSR count). The number of fused-ring (bicyclic) bond motifs is 1. The summed E-state index contributed by atoms with van der Waals surface area (Å²) in [5.74, 6) is 0.388. The Bertz CT molecular complexity index is 2070. The van der Waals surface area contributed by atoms with Gasteiger partial charge in [-0.1, -0.05) is 45.0 Å². The molecule has 0 aliphatic carbocycles. The van der Waals surface area contributed by atoms with Crippen molar-refractivity contribution in [1.29, 1.82) is 0 Å². The standard InChI is InChI=1S/C35H36N6O7S/c1-35(2,3)20-17-26(31(47-5)27(18-20)41-49(6)45)39-34(44)38-25-13-14-28(23-10-8-7-9-22(23)25)48-30-15-16-36-33(40-30)37-21-11-12-24(32(42)43)29(19-21)46-4/h7-19,41H,1-6H3,(H,42,43)(H,36,37,40)(H2,38,39,44). The molecule has 49 heavy (non-hydrogen) atoms. The number of carboxylic acids is 1. The molecule has 0 saturated heterocycles. The van der Waals surface area contributed by atoms with Crippen LogP contribution >= 0.6 is 0 Å². The summed E-state index contributed by atoms with van der Waals surface area (Å²) in [6.07, 6.45) is 3.04. The molecule has 1 heterocycles. The molecule has 1 unspecified atom stereocenters. The van der Waals surface area contributed by atoms with Crippen LogP contribution in [0.2, 0.25) is 0 Å². The van der Waals surface area contributed by atoms with Crippen LogP contribution in [0, 0.1) is 0 Å². The molecule has 254 valence electrons. The van der Waals surface area contributed by atoms with Gasteiger partial charge in [0.2, 0.25) is 11.8 Å². The van der Waals surface area contributed by atoms with E-state index in [0.717, 1.165) is 5.56 Å². The lowest BCUT2D eigenvalue weighted by molar-refractivity contribution is 0.0693. The first-order valence-corrected chi connectivity index (χ1v) is 16.5. The molecule has 0 spiro atoms. The highest BCUT2D eigenvalue weighted by atomic mass is 32.2. The van der Waals surface area contributed by atoms with Gasteiger partial charge in [-0.2, -0.15) is 4.98 Å². The minimum absolute atomic E-state index is 0.0278. The molecular formula is C35H36N6O7S. The maximum atomic E-state index is 13.4. The summed E-state index contributed by atoms with van der Waals surface area (Å²) in [7, 11) is 1.51. The van der Waals surface area contributed by atoms with E-state index < -0.39 is 23.0 Å². The number of carbonyl (C=O) groups excluding carboxylic acids is 1. The normalized spacial score (nSPS) is 11.7. The van der Waals surface area contributed by atoms with Gasteiger partial charge in [0.15, 0.2) is 5.75 Å². The monoisotopic (exact) mass is 684 g/mol. The third kappa shape index (κ3) is 8.16. The number of amides is 2. The number of ether oxygens (including phenoxy) is 3. The molecule has 0 aliphatic rings. The fraction of sp³-hybridized carbons (Fsp3) is 0.200. The molecule has 0 bridgehead atoms. The van der Waals surface area contributed by atoms with E-state index in [1.54, 1.807) is 24.3 Å². The van der Waals surface area contributed by atoms with Crippen molar-refractivity contribution in [2.45, 2.75) is 26.2 Å². The zero-order valence-corrected chi connectivity index (χ0v) is 28.5. The van der Waals surface area contributed by atoms with Crippen molar-refractivity contribution in [3.63, 3.8) is 0 Å². The predicted octanol–water partition coefficient (Wildman–Crippen LogP) is 7.53. The van der Waals surface area contributed by atoms with Crippen LogP contribution in [0.1, 0.15) is 36.7 Å². The predicted molar refractivity (Wildman–Crippen MR) is 191 cm³/mol. The Morgan fingerprint density at radius 2 is 1.55 bits per heavy atom. The second-order valence-corrected chi connectivity index (χ2v) is 12.9. The largest absolute Gasteiger partial charge is 0.496 e. The number of carbonyl (C=O) groups is 2. The second kappa shape index (κ2) is 14.5. The number of urea groups is 1. The van der Waals surface area contributed by atoms with E-state index in [0.29, 0.717) is 45.0 Å². The number of nitrogens with one attached hydrogen (secondary N) is 4. The van der Waals surface area contributed by atoms with E-state index in [1.165, 1.54) is 38.8 Å². The molecule has 14 heteroatoms. The van der Waals surface area contributed by atoms with Crippen molar-refractivity contribution < 1.29 is 33.1 Å². The Labute approximate surface area is 285 Å². The average Bonchev–Trinajstić information content (AvgIpc) is 3.05. The van der Waals surface area contributed by atoms with Crippen LogP contribution in [-0.2, 0) is 16.4 Å². The molecule has 2 amide bonds. The number of benzene rings is 4. The summed E-state index contributed by atoms with van der Waals surface area (Å²) < 4.78 is 31.9. The van der Waals surface area contributed by atoms with Crippen LogP contribution in [0.3, 0.4) is 0 Å². The summed E-state index contributed by atoms with van der Waals surface area (Å²) >= 11 is 0. The second-order valence-electron chi connectivity index (χ2n) is 11.8. The Morgan fingerprint density at radius 3 is 2.22 bits per heavy atom. The highest BCUT2D eigenvalue weighted by molar-refractivity contribution is 7.85. The van der Waals surface area contributed by atoms with E-state index in [4.69, 9.17) is 14.2 Å². The SMILES string of the molecule is COc1cc(Nc2nccc(Oc3ccc(NC(=O)Nc4cc(C(C)(C)C)cc(NS(C)=O)c4OC)c4ccccc34)n2)ccc1C(=O)O. The average molecular weight is 685 g/mol. The van der Waals surface area contributed by atoms with Gasteiger partial charge < -0.3 is 40.0 Å². The van der Waals surface area contributed by atoms with Gasteiger partial charge in [-0.3, -0.25) is 0 Å². The molecule has 4 aromatic carbocycles. The molecule has 0 fully saturated rings. The molecule has 13 nitrogen and oxygen atoms in total. The fourth-order valence-electron chi connectivity index (χ4n) is 5.00. The molecular weight excluding hydrogens is 648 g/mol. The molecule has 1 aromatic heterocycles. The van der Waals surface area contributed by atoms with Crippen LogP contribution in [0.5, 0.6) is 23.1 Å². The first kappa shape index (κ1) is 34.4. The number of nitrogens with zero attached hydrogens (tertiary/aromatic N) is 2. The van der Waals surface area contributed by atoms with Crippen LogP contribution in [0.25, 0.3) is 10.8 Å². The van der Waals surface area contributed by atoms with Gasteiger partial charge in [0.25, 0.3) is 0 Å². The zero-order chi connectivity index (χ0) is 35.3. The highest BCUT2D eigenvalue weighted by Crippen LogP contribution is 2.39. The summed E-state index contributed by atoms with van der Waals surface area (Å²) in [5.41, 5.74) is 2.63. The lowest BCUT2D eigenvalue weighted by Crippen LogP contribution is -2.21. The van der Waals surface area contributed by atoms with Crippen molar-refractivity contribution in [3.05, 3.63) is 90.1 Å². The van der Waals surface area contributed by atoms with Crippen LogP contribution < -0.4 is 34.9 Å². The maximum Gasteiger partial charge on any atom is 0.339 e. The van der Waals surface area contributed by atoms with Crippen molar-refractivity contribution in [3.8, 4) is 23.1 Å². The summed E-state index contributed by atoms with van der Waals surface area (Å²) in [6.45, 7) is 6.12. The third-order valence-electron chi connectivity index (χ3n) is 7.33. The minimum Gasteiger partial charge on any atom is -0.496 e. The van der Waals surface area contributed by atoms with Crippen LogP contribution in [0.15, 0.2) is 79.0 Å². The third-order valence-corrected chi connectivity index (χ3v) is 7.83. The first-order chi connectivity index (χ1) is 23.4. The smallest absolute Gasteiger partial charge is 0.339 e. The van der Waals surface area contributed by atoms with Gasteiger partial charge in [0.05, 0.1) is 31.3 Å². The van der Waals surface area contributed by atoms with Gasteiger partial charge in [0, 0.05) is 41.0 Å². The number of rotatable bonds is 11. The molecule has 5 N–H and O–H groups in total. The Kier molecular flexibility index (Phi) is 10.2. The lowest BCUT2D eigenvalue weighted by atomic mass is 9.86. The van der Waals surface area contributed by atoms with Crippen molar-refractivity contribution in [2.75, 3.05) is 41.1 Å². The number of anilines is 5. The number of aromatic carboxylic acids is 1. The van der Waals surface area contributed by atoms with Gasteiger partial charge in [-0.05, 0) is 47.4 Å². The molecule has 0 aliphatic heterocycles. The lowest BCUT2D eigenvalue weighted by Gasteiger charge is -2.24.